The molecule has 1 unspecified atom stereocenters. The number of nitrogens with zero attached hydrogens (tertiary/aromatic N) is 4. The first-order valence-electron chi connectivity index (χ1n) is 15.5. The fraction of sp³-hybridized carbons (Fsp3) is 0.351. The number of halogens is 1. The summed E-state index contributed by atoms with van der Waals surface area (Å²) in [5.74, 6) is -0.183. The maximum atomic E-state index is 14.1. The Hall–Kier alpha value is -4.65. The van der Waals surface area contributed by atoms with Crippen molar-refractivity contribution in [1.29, 1.82) is 5.26 Å². The molecule has 9 nitrogen and oxygen atoms in total. The van der Waals surface area contributed by atoms with Crippen molar-refractivity contribution in [3.63, 3.8) is 0 Å². The number of nitriles is 1. The van der Waals surface area contributed by atoms with Crippen molar-refractivity contribution in [3.05, 3.63) is 106 Å². The van der Waals surface area contributed by atoms with Gasteiger partial charge >= 0.3 is 5.97 Å². The van der Waals surface area contributed by atoms with Crippen LogP contribution in [-0.2, 0) is 22.7 Å². The number of benzene rings is 2. The summed E-state index contributed by atoms with van der Waals surface area (Å²) in [4.78, 5) is 33.6. The lowest BCUT2D eigenvalue weighted by Crippen LogP contribution is -2.53. The topological polar surface area (TPSA) is 116 Å². The van der Waals surface area contributed by atoms with Gasteiger partial charge in [0.05, 0.1) is 10.6 Å². The number of pyridine rings is 1. The van der Waals surface area contributed by atoms with Crippen LogP contribution in [-0.4, -0.2) is 65.1 Å². The van der Waals surface area contributed by atoms with E-state index in [4.69, 9.17) is 21.1 Å². The van der Waals surface area contributed by atoms with Gasteiger partial charge < -0.3 is 19.5 Å². The summed E-state index contributed by atoms with van der Waals surface area (Å²) in [5, 5.41) is 19.4. The molecule has 1 N–H and O–H groups in total. The van der Waals surface area contributed by atoms with Crippen molar-refractivity contribution < 1.29 is 24.2 Å². The zero-order valence-corrected chi connectivity index (χ0v) is 27.8. The Balaban J connectivity index is 1.49. The van der Waals surface area contributed by atoms with E-state index in [0.717, 1.165) is 17.6 Å². The molecule has 2 atom stereocenters. The van der Waals surface area contributed by atoms with Crippen LogP contribution in [0.2, 0.25) is 5.02 Å². The summed E-state index contributed by atoms with van der Waals surface area (Å²) in [7, 11) is 3.47. The van der Waals surface area contributed by atoms with E-state index < -0.39 is 22.8 Å². The van der Waals surface area contributed by atoms with E-state index in [9.17, 15) is 20.0 Å². The third kappa shape index (κ3) is 6.90. The molecule has 1 amide bonds. The van der Waals surface area contributed by atoms with Crippen molar-refractivity contribution >= 4 is 29.1 Å². The van der Waals surface area contributed by atoms with Crippen molar-refractivity contribution in [1.82, 2.24) is 14.8 Å². The molecule has 1 fully saturated rings. The number of allylic oxidation sites excluding steroid dienone is 3. The van der Waals surface area contributed by atoms with Gasteiger partial charge in [0.25, 0.3) is 0 Å². The molecule has 0 radical (unpaired) electrons. The first-order chi connectivity index (χ1) is 22.5. The molecule has 0 spiro atoms. The number of aliphatic carboxylic acids is 1. The molecular weight excluding hydrogens is 616 g/mol. The number of hydrogen-bond acceptors (Lipinski definition) is 7. The summed E-state index contributed by atoms with van der Waals surface area (Å²) < 4.78 is 12.8. The van der Waals surface area contributed by atoms with Gasteiger partial charge in [-0.15, -0.1) is 0 Å². The first-order valence-corrected chi connectivity index (χ1v) is 15.9. The second-order valence-corrected chi connectivity index (χ2v) is 13.1. The van der Waals surface area contributed by atoms with Crippen molar-refractivity contribution in [2.24, 2.45) is 10.8 Å². The summed E-state index contributed by atoms with van der Waals surface area (Å²) in [5.41, 5.74) is 2.09. The summed E-state index contributed by atoms with van der Waals surface area (Å²) in [6.07, 6.45) is 10.3. The number of likely N-dealkylation sites (tertiary alicyclic amines) is 1. The van der Waals surface area contributed by atoms with Gasteiger partial charge in [0.1, 0.15) is 42.2 Å². The van der Waals surface area contributed by atoms with Crippen molar-refractivity contribution in [3.8, 4) is 17.6 Å². The predicted octanol–water partition coefficient (Wildman–Crippen LogP) is 6.37. The lowest BCUT2D eigenvalue weighted by Gasteiger charge is -2.47. The molecule has 5 rings (SSSR count). The molecule has 10 heteroatoms. The zero-order chi connectivity index (χ0) is 33.8. The normalized spacial score (nSPS) is 20.3. The number of carboxylic acids is 1. The number of hydrogen-bond donors (Lipinski definition) is 1. The number of ether oxygens (including phenoxy) is 2. The average Bonchev–Trinajstić information content (AvgIpc) is 3.53. The highest BCUT2D eigenvalue weighted by atomic mass is 35.5. The largest absolute Gasteiger partial charge is 0.490 e. The summed E-state index contributed by atoms with van der Waals surface area (Å²) in [6.45, 7) is 5.16. The predicted molar refractivity (Wildman–Crippen MR) is 180 cm³/mol. The number of aromatic nitrogens is 1. The number of carbonyl (C=O) groups excluding carboxylic acids is 1. The average molecular weight is 655 g/mol. The molecule has 1 saturated heterocycles. The van der Waals surface area contributed by atoms with Crippen LogP contribution in [0.5, 0.6) is 11.5 Å². The minimum Gasteiger partial charge on any atom is -0.490 e. The molecule has 0 bridgehead atoms. The molecule has 1 aliphatic carbocycles. The van der Waals surface area contributed by atoms with Crippen LogP contribution in [0.3, 0.4) is 0 Å². The second kappa shape index (κ2) is 14.0. The fourth-order valence-corrected chi connectivity index (χ4v) is 6.75. The van der Waals surface area contributed by atoms with Crippen LogP contribution in [0.15, 0.2) is 79.2 Å². The molecule has 3 aromatic rings. The van der Waals surface area contributed by atoms with Crippen molar-refractivity contribution in [2.75, 3.05) is 27.2 Å². The van der Waals surface area contributed by atoms with Gasteiger partial charge in [0, 0.05) is 55.6 Å². The Bertz CT molecular complexity index is 1750. The minimum absolute atomic E-state index is 0.00244. The second-order valence-electron chi connectivity index (χ2n) is 12.7. The number of rotatable bonds is 11. The lowest BCUT2D eigenvalue weighted by atomic mass is 9.58. The van der Waals surface area contributed by atoms with Crippen LogP contribution < -0.4 is 9.47 Å². The number of carbonyl (C=O) groups is 2. The summed E-state index contributed by atoms with van der Waals surface area (Å²) in [6, 6.07) is 16.6. The zero-order valence-electron chi connectivity index (χ0n) is 27.1. The van der Waals surface area contributed by atoms with Gasteiger partial charge in [-0.25, -0.2) is 0 Å². The molecule has 1 aromatic heterocycles. The smallest absolute Gasteiger partial charge is 0.320 e. The highest BCUT2D eigenvalue weighted by Gasteiger charge is 2.54. The lowest BCUT2D eigenvalue weighted by molar-refractivity contribution is -0.143. The van der Waals surface area contributed by atoms with Crippen molar-refractivity contribution in [2.45, 2.75) is 45.9 Å². The van der Waals surface area contributed by atoms with Gasteiger partial charge in [0.15, 0.2) is 0 Å². The van der Waals surface area contributed by atoms with E-state index in [0.29, 0.717) is 52.7 Å². The minimum atomic E-state index is -1.08. The van der Waals surface area contributed by atoms with Gasteiger partial charge in [-0.05, 0) is 42.7 Å². The molecule has 2 aromatic carbocycles. The quantitative estimate of drug-likeness (QED) is 0.254. The van der Waals surface area contributed by atoms with E-state index >= 15 is 0 Å². The molecule has 244 valence electrons. The fourth-order valence-electron chi connectivity index (χ4n) is 6.51. The summed E-state index contributed by atoms with van der Waals surface area (Å²) >= 11 is 6.86. The van der Waals surface area contributed by atoms with Gasteiger partial charge in [0.2, 0.25) is 5.91 Å². The third-order valence-electron chi connectivity index (χ3n) is 9.22. The van der Waals surface area contributed by atoms with E-state index in [2.05, 4.69) is 24.9 Å². The van der Waals surface area contributed by atoms with Crippen LogP contribution in [0.4, 0.5) is 0 Å². The van der Waals surface area contributed by atoms with E-state index in [1.807, 2.05) is 53.5 Å². The molecule has 2 aliphatic rings. The number of amides is 1. The van der Waals surface area contributed by atoms with E-state index in [1.54, 1.807) is 43.4 Å². The molecule has 47 heavy (non-hydrogen) atoms. The Labute approximate surface area is 280 Å². The maximum Gasteiger partial charge on any atom is 0.320 e. The first kappa shape index (κ1) is 33.7. The van der Waals surface area contributed by atoms with E-state index in [1.165, 1.54) is 6.20 Å². The SMILES string of the molecule is CN(C)C(=O)C1(COc2cc(OCc3cncc(C#N)c3)c(CN3CCC[C@H]3C(=O)O)cc2Cl)C=CC=C(c2ccccc2)C1(C)C. The van der Waals surface area contributed by atoms with Crippen LogP contribution >= 0.6 is 11.6 Å². The molecule has 2 heterocycles. The van der Waals surface area contributed by atoms with Gasteiger partial charge in [-0.2, -0.15) is 5.26 Å². The van der Waals surface area contributed by atoms with Crippen LogP contribution in [0.1, 0.15) is 48.9 Å². The van der Waals surface area contributed by atoms with Crippen LogP contribution in [0, 0.1) is 22.2 Å². The Morgan fingerprint density at radius 2 is 1.89 bits per heavy atom. The molecule has 0 saturated carbocycles. The highest BCUT2D eigenvalue weighted by Crippen LogP contribution is 2.53. The van der Waals surface area contributed by atoms with E-state index in [-0.39, 0.29) is 19.1 Å². The standard InChI is InChI=1S/C37H39ClN4O5/c1-36(2)29(27-10-6-5-7-11-27)12-8-14-37(36,35(45)41(3)4)24-47-33-18-32(46-23-26-16-25(19-39)20-40-21-26)28(17-30(33)38)22-42-15-9-13-31(42)34(43)44/h5-8,10-12,14,16-18,20-21,31H,9,13,15,22-24H2,1-4H3,(H,43,44)/t31-,37?/m0/s1. The van der Waals surface area contributed by atoms with Gasteiger partial charge in [-0.1, -0.05) is 74.0 Å². The Morgan fingerprint density at radius 1 is 1.13 bits per heavy atom. The number of carboxylic acid groups (broad SMARTS) is 1. The Kier molecular flexibility index (Phi) is 10.0. The van der Waals surface area contributed by atoms with Crippen LogP contribution in [0.25, 0.3) is 5.57 Å². The Morgan fingerprint density at radius 3 is 2.60 bits per heavy atom. The van der Waals surface area contributed by atoms with Gasteiger partial charge in [-0.3, -0.25) is 19.5 Å². The highest BCUT2D eigenvalue weighted by molar-refractivity contribution is 6.32. The maximum absolute atomic E-state index is 14.1. The molecular formula is C37H39ClN4O5. The molecule has 1 aliphatic heterocycles. The third-order valence-corrected chi connectivity index (χ3v) is 9.51. The monoisotopic (exact) mass is 654 g/mol.